The van der Waals surface area contributed by atoms with Gasteiger partial charge in [0.15, 0.2) is 0 Å². The van der Waals surface area contributed by atoms with Crippen molar-refractivity contribution < 1.29 is 18.1 Å². The fourth-order valence-corrected chi connectivity index (χ4v) is 3.86. The molecule has 0 atom stereocenters. The van der Waals surface area contributed by atoms with Crippen molar-refractivity contribution in [3.63, 3.8) is 0 Å². The molecule has 9 heteroatoms. The molecule has 0 bridgehead atoms. The molecule has 1 N–H and O–H groups in total. The van der Waals surface area contributed by atoms with E-state index in [9.17, 15) is 18.5 Å². The van der Waals surface area contributed by atoms with Gasteiger partial charge in [-0.15, -0.1) is 0 Å². The van der Waals surface area contributed by atoms with Crippen LogP contribution in [0.5, 0.6) is 0 Å². The SMILES string of the molecule is CC(C)(CNS(=O)(=O)Cc1ccc([N+](=O)[O-])cc1)N1CCOCC1. The van der Waals surface area contributed by atoms with Crippen LogP contribution in [0.4, 0.5) is 5.69 Å². The molecule has 1 aliphatic rings. The molecule has 0 spiro atoms. The predicted octanol–water partition coefficient (Wildman–Crippen LogP) is 1.12. The summed E-state index contributed by atoms with van der Waals surface area (Å²) in [4.78, 5) is 12.3. The Hall–Kier alpha value is -1.55. The minimum absolute atomic E-state index is 0.0578. The Bertz CT molecular complexity index is 667. The minimum Gasteiger partial charge on any atom is -0.379 e. The summed E-state index contributed by atoms with van der Waals surface area (Å²) in [5.74, 6) is -0.204. The fourth-order valence-electron chi connectivity index (χ4n) is 2.55. The highest BCUT2D eigenvalue weighted by Gasteiger charge is 2.29. The molecule has 0 amide bonds. The van der Waals surface area contributed by atoms with Crippen molar-refractivity contribution in [3.05, 3.63) is 39.9 Å². The van der Waals surface area contributed by atoms with E-state index in [0.29, 0.717) is 25.3 Å². The molecular weight excluding hydrogens is 334 g/mol. The highest BCUT2D eigenvalue weighted by atomic mass is 32.2. The highest BCUT2D eigenvalue weighted by Crippen LogP contribution is 2.17. The Morgan fingerprint density at radius 1 is 1.25 bits per heavy atom. The normalized spacial score (nSPS) is 16.9. The molecule has 1 saturated heterocycles. The maximum atomic E-state index is 12.3. The van der Waals surface area contributed by atoms with Crippen LogP contribution in [0, 0.1) is 10.1 Å². The molecule has 8 nitrogen and oxygen atoms in total. The number of hydrogen-bond donors (Lipinski definition) is 1. The number of ether oxygens (including phenoxy) is 1. The summed E-state index contributed by atoms with van der Waals surface area (Å²) in [6, 6.07) is 5.54. The molecule has 1 heterocycles. The lowest BCUT2D eigenvalue weighted by Crippen LogP contribution is -2.55. The first-order valence-electron chi connectivity index (χ1n) is 7.73. The molecule has 0 aromatic heterocycles. The molecule has 1 fully saturated rings. The number of nitro benzene ring substituents is 1. The predicted molar refractivity (Wildman–Crippen MR) is 90.2 cm³/mol. The van der Waals surface area contributed by atoms with Crippen LogP contribution in [0.2, 0.25) is 0 Å². The number of nitrogens with one attached hydrogen (secondary N) is 1. The van der Waals surface area contributed by atoms with E-state index in [1.54, 1.807) is 0 Å². The second-order valence-electron chi connectivity index (χ2n) is 6.42. The summed E-state index contributed by atoms with van der Waals surface area (Å²) in [5.41, 5.74) is 0.140. The van der Waals surface area contributed by atoms with E-state index in [0.717, 1.165) is 13.1 Å². The topological polar surface area (TPSA) is 102 Å². The Labute approximate surface area is 142 Å². The first-order chi connectivity index (χ1) is 11.2. The van der Waals surface area contributed by atoms with Crippen molar-refractivity contribution in [2.24, 2.45) is 0 Å². The van der Waals surface area contributed by atoms with Gasteiger partial charge in [0.05, 0.1) is 23.9 Å². The summed E-state index contributed by atoms with van der Waals surface area (Å²) in [5, 5.41) is 10.6. The average Bonchev–Trinajstić information content (AvgIpc) is 2.54. The second kappa shape index (κ2) is 7.56. The maximum absolute atomic E-state index is 12.3. The Balaban J connectivity index is 1.94. The number of benzene rings is 1. The third-order valence-corrected chi connectivity index (χ3v) is 5.39. The molecule has 24 heavy (non-hydrogen) atoms. The number of non-ortho nitro benzene ring substituents is 1. The molecule has 2 rings (SSSR count). The number of sulfonamides is 1. The van der Waals surface area contributed by atoms with Gasteiger partial charge in [0.2, 0.25) is 10.0 Å². The molecule has 0 radical (unpaired) electrons. The van der Waals surface area contributed by atoms with Crippen LogP contribution in [0.15, 0.2) is 24.3 Å². The summed E-state index contributed by atoms with van der Waals surface area (Å²) in [6.07, 6.45) is 0. The lowest BCUT2D eigenvalue weighted by molar-refractivity contribution is -0.384. The largest absolute Gasteiger partial charge is 0.379 e. The number of morpholine rings is 1. The molecule has 1 aliphatic heterocycles. The Kier molecular flexibility index (Phi) is 5.92. The molecule has 0 saturated carbocycles. The van der Waals surface area contributed by atoms with E-state index >= 15 is 0 Å². The summed E-state index contributed by atoms with van der Waals surface area (Å²) in [7, 11) is -3.52. The van der Waals surface area contributed by atoms with Gasteiger partial charge in [-0.25, -0.2) is 13.1 Å². The monoisotopic (exact) mass is 357 g/mol. The summed E-state index contributed by atoms with van der Waals surface area (Å²) >= 11 is 0. The van der Waals surface area contributed by atoms with Crippen LogP contribution >= 0.6 is 0 Å². The molecule has 134 valence electrons. The van der Waals surface area contributed by atoms with Gasteiger partial charge in [0, 0.05) is 37.3 Å². The number of nitro groups is 1. The van der Waals surface area contributed by atoms with Gasteiger partial charge in [-0.2, -0.15) is 0 Å². The smallest absolute Gasteiger partial charge is 0.269 e. The lowest BCUT2D eigenvalue weighted by Gasteiger charge is -2.40. The Morgan fingerprint density at radius 3 is 2.38 bits per heavy atom. The Morgan fingerprint density at radius 2 is 1.83 bits per heavy atom. The number of nitrogens with zero attached hydrogens (tertiary/aromatic N) is 2. The first kappa shape index (κ1) is 18.8. The van der Waals surface area contributed by atoms with Crippen LogP contribution in [0.25, 0.3) is 0 Å². The quantitative estimate of drug-likeness (QED) is 0.580. The van der Waals surface area contributed by atoms with Gasteiger partial charge >= 0.3 is 0 Å². The van der Waals surface area contributed by atoms with E-state index in [2.05, 4.69) is 9.62 Å². The van der Waals surface area contributed by atoms with E-state index in [-0.39, 0.29) is 17.0 Å². The summed E-state index contributed by atoms with van der Waals surface area (Å²) in [6.45, 7) is 7.13. The van der Waals surface area contributed by atoms with Crippen molar-refractivity contribution in [1.82, 2.24) is 9.62 Å². The average molecular weight is 357 g/mol. The van der Waals surface area contributed by atoms with Gasteiger partial charge in [-0.1, -0.05) is 12.1 Å². The molecular formula is C15H23N3O5S. The van der Waals surface area contributed by atoms with Crippen molar-refractivity contribution in [1.29, 1.82) is 0 Å². The van der Waals surface area contributed by atoms with E-state index in [1.807, 2.05) is 13.8 Å². The zero-order valence-corrected chi connectivity index (χ0v) is 14.7. The lowest BCUT2D eigenvalue weighted by atomic mass is 10.0. The van der Waals surface area contributed by atoms with Crippen molar-refractivity contribution >= 4 is 15.7 Å². The van der Waals surface area contributed by atoms with Gasteiger partial charge in [0.1, 0.15) is 0 Å². The van der Waals surface area contributed by atoms with Crippen LogP contribution in [-0.4, -0.2) is 56.6 Å². The molecule has 1 aromatic rings. The van der Waals surface area contributed by atoms with Crippen LogP contribution in [0.1, 0.15) is 19.4 Å². The summed E-state index contributed by atoms with van der Waals surface area (Å²) < 4.78 is 32.5. The van der Waals surface area contributed by atoms with Gasteiger partial charge in [-0.05, 0) is 19.4 Å². The van der Waals surface area contributed by atoms with Crippen molar-refractivity contribution in [2.75, 3.05) is 32.8 Å². The van der Waals surface area contributed by atoms with E-state index in [4.69, 9.17) is 4.74 Å². The highest BCUT2D eigenvalue weighted by molar-refractivity contribution is 7.88. The number of rotatable bonds is 7. The van der Waals surface area contributed by atoms with E-state index in [1.165, 1.54) is 24.3 Å². The van der Waals surface area contributed by atoms with Crippen LogP contribution in [-0.2, 0) is 20.5 Å². The van der Waals surface area contributed by atoms with Gasteiger partial charge in [-0.3, -0.25) is 15.0 Å². The zero-order valence-electron chi connectivity index (χ0n) is 13.9. The molecule has 0 aliphatic carbocycles. The molecule has 0 unspecified atom stereocenters. The van der Waals surface area contributed by atoms with Crippen molar-refractivity contribution in [3.8, 4) is 0 Å². The third-order valence-electron chi connectivity index (χ3n) is 4.10. The van der Waals surface area contributed by atoms with Crippen LogP contribution in [0.3, 0.4) is 0 Å². The number of hydrogen-bond acceptors (Lipinski definition) is 6. The van der Waals surface area contributed by atoms with Gasteiger partial charge in [0.25, 0.3) is 5.69 Å². The van der Waals surface area contributed by atoms with Crippen LogP contribution < -0.4 is 4.72 Å². The molecule has 1 aromatic carbocycles. The fraction of sp³-hybridized carbons (Fsp3) is 0.600. The second-order valence-corrected chi connectivity index (χ2v) is 8.22. The third kappa shape index (κ3) is 5.23. The standard InChI is InChI=1S/C15H23N3O5S/c1-15(2,17-7-9-23-10-8-17)12-16-24(21,22)11-13-3-5-14(6-4-13)18(19)20/h3-6,16H,7-12H2,1-2H3. The van der Waals surface area contributed by atoms with Gasteiger partial charge < -0.3 is 4.74 Å². The van der Waals surface area contributed by atoms with Crippen molar-refractivity contribution in [2.45, 2.75) is 25.1 Å². The minimum atomic E-state index is -3.52. The zero-order chi connectivity index (χ0) is 17.8. The maximum Gasteiger partial charge on any atom is 0.269 e. The van der Waals surface area contributed by atoms with E-state index < -0.39 is 14.9 Å². The first-order valence-corrected chi connectivity index (χ1v) is 9.38.